The molecule has 0 saturated heterocycles. The third-order valence-electron chi connectivity index (χ3n) is 1.39. The van der Waals surface area contributed by atoms with Gasteiger partial charge < -0.3 is 0 Å². The Balaban J connectivity index is 0. The zero-order valence-electron chi connectivity index (χ0n) is 10.5. The predicted octanol–water partition coefficient (Wildman–Crippen LogP) is 4.12. The van der Waals surface area contributed by atoms with E-state index in [4.69, 9.17) is 0 Å². The molecule has 84 valence electrons. The summed E-state index contributed by atoms with van der Waals surface area (Å²) in [5.41, 5.74) is 2.66. The number of aryl methyl sites for hydroxylation is 1. The molecule has 0 saturated carbocycles. The second-order valence-corrected chi connectivity index (χ2v) is 2.23. The van der Waals surface area contributed by atoms with E-state index in [9.17, 15) is 0 Å². The van der Waals surface area contributed by atoms with Crippen LogP contribution in [-0.2, 0) is 0 Å². The van der Waals surface area contributed by atoms with Crippen LogP contribution in [0.2, 0.25) is 0 Å². The molecule has 0 aliphatic heterocycles. The van der Waals surface area contributed by atoms with Gasteiger partial charge in [0.15, 0.2) is 0 Å². The lowest BCUT2D eigenvalue weighted by Gasteiger charge is -1.98. The summed E-state index contributed by atoms with van der Waals surface area (Å²) in [4.78, 5) is 0. The first-order chi connectivity index (χ1) is 7.27. The van der Waals surface area contributed by atoms with Crippen molar-refractivity contribution >= 4 is 12.2 Å². The largest absolute Gasteiger partial charge is 0.155 e. The number of rotatable bonds is 2. The van der Waals surface area contributed by atoms with E-state index in [1.165, 1.54) is 0 Å². The van der Waals surface area contributed by atoms with Crippen molar-refractivity contribution in [3.8, 4) is 0 Å². The van der Waals surface area contributed by atoms with Gasteiger partial charge in [0.1, 0.15) is 0 Å². The molecule has 0 aromatic carbocycles. The Morgan fingerprint density at radius 2 is 1.53 bits per heavy atom. The fourth-order valence-corrected chi connectivity index (χ4v) is 0.840. The lowest BCUT2D eigenvalue weighted by atomic mass is 10.2. The van der Waals surface area contributed by atoms with Crippen LogP contribution in [0.3, 0.4) is 0 Å². The molecule has 1 aromatic rings. The molecule has 0 N–H and O–H groups in total. The van der Waals surface area contributed by atoms with Crippen molar-refractivity contribution < 1.29 is 0 Å². The Kier molecular flexibility index (Phi) is 11.4. The summed E-state index contributed by atoms with van der Waals surface area (Å²) in [6, 6.07) is 1.93. The summed E-state index contributed by atoms with van der Waals surface area (Å²) < 4.78 is 0. The van der Waals surface area contributed by atoms with E-state index in [-0.39, 0.29) is 0 Å². The molecule has 0 unspecified atom stereocenters. The molecule has 2 heteroatoms. The van der Waals surface area contributed by atoms with Gasteiger partial charge in [-0.25, -0.2) is 0 Å². The molecular weight excluding hydrogens is 184 g/mol. The van der Waals surface area contributed by atoms with Gasteiger partial charge in [0.05, 0.1) is 11.4 Å². The third-order valence-corrected chi connectivity index (χ3v) is 1.39. The first-order valence-electron chi connectivity index (χ1n) is 5.37. The quantitative estimate of drug-likeness (QED) is 0.727. The topological polar surface area (TPSA) is 25.8 Å². The molecule has 0 aliphatic carbocycles. The van der Waals surface area contributed by atoms with E-state index >= 15 is 0 Å². The molecule has 0 fully saturated rings. The summed E-state index contributed by atoms with van der Waals surface area (Å²) in [7, 11) is 0. The maximum atomic E-state index is 3.93. The van der Waals surface area contributed by atoms with Crippen molar-refractivity contribution in [3.05, 3.63) is 36.2 Å². The fraction of sp³-hybridized carbons (Fsp3) is 0.385. The highest BCUT2D eigenvalue weighted by Crippen LogP contribution is 2.08. The van der Waals surface area contributed by atoms with Crippen molar-refractivity contribution in [2.45, 2.75) is 34.6 Å². The molecule has 1 heterocycles. The van der Waals surface area contributed by atoms with Crippen molar-refractivity contribution in [2.75, 3.05) is 0 Å². The lowest BCUT2D eigenvalue weighted by Crippen LogP contribution is -1.92. The Morgan fingerprint density at radius 1 is 1.00 bits per heavy atom. The summed E-state index contributed by atoms with van der Waals surface area (Å²) >= 11 is 0. The van der Waals surface area contributed by atoms with Gasteiger partial charge in [-0.2, -0.15) is 10.2 Å². The summed E-state index contributed by atoms with van der Waals surface area (Å²) in [5.74, 6) is 0. The molecule has 0 aliphatic rings. The van der Waals surface area contributed by atoms with Crippen molar-refractivity contribution in [3.63, 3.8) is 0 Å². The molecule has 0 bridgehead atoms. The van der Waals surface area contributed by atoms with Gasteiger partial charge in [-0.15, -0.1) is 0 Å². The van der Waals surface area contributed by atoms with Crippen LogP contribution in [0.5, 0.6) is 0 Å². The Bertz CT molecular complexity index is 291. The lowest BCUT2D eigenvalue weighted by molar-refractivity contribution is 0.966. The highest BCUT2D eigenvalue weighted by atomic mass is 15.1. The smallest absolute Gasteiger partial charge is 0.0923 e. The minimum Gasteiger partial charge on any atom is -0.155 e. The van der Waals surface area contributed by atoms with Crippen LogP contribution in [0.1, 0.15) is 44.6 Å². The predicted molar refractivity (Wildman–Crippen MR) is 69.6 cm³/mol. The number of nitrogens with zero attached hydrogens (tertiary/aromatic N) is 2. The summed E-state index contributed by atoms with van der Waals surface area (Å²) in [6.45, 7) is 17.2. The van der Waals surface area contributed by atoms with Crippen molar-refractivity contribution in [1.29, 1.82) is 0 Å². The number of aromatic nitrogens is 2. The number of hydrogen-bond acceptors (Lipinski definition) is 2. The molecule has 2 nitrogen and oxygen atoms in total. The van der Waals surface area contributed by atoms with E-state index in [0.717, 1.165) is 17.0 Å². The summed E-state index contributed by atoms with van der Waals surface area (Å²) in [6.07, 6.45) is 3.42. The van der Waals surface area contributed by atoms with Gasteiger partial charge in [-0.05, 0) is 19.1 Å². The molecule has 0 radical (unpaired) electrons. The van der Waals surface area contributed by atoms with Crippen LogP contribution in [0.25, 0.3) is 12.2 Å². The van der Waals surface area contributed by atoms with E-state index < -0.39 is 0 Å². The van der Waals surface area contributed by atoms with Crippen molar-refractivity contribution in [1.82, 2.24) is 10.2 Å². The molecule has 1 rings (SSSR count). The van der Waals surface area contributed by atoms with Gasteiger partial charge in [0.25, 0.3) is 0 Å². The van der Waals surface area contributed by atoms with Gasteiger partial charge in [0.2, 0.25) is 0 Å². The SMILES string of the molecule is C=Cc1cc(C)nnc1C=C.CC.CC. The highest BCUT2D eigenvalue weighted by molar-refractivity contribution is 5.59. The minimum atomic E-state index is 0.783. The normalized spacial score (nSPS) is 7.53. The third kappa shape index (κ3) is 5.78. The second-order valence-electron chi connectivity index (χ2n) is 2.23. The maximum Gasteiger partial charge on any atom is 0.0923 e. The standard InChI is InChI=1S/C9H10N2.2C2H6/c1-4-8-6-7(3)10-11-9(8)5-2;2*1-2/h4-6H,1-2H2,3H3;2*1-2H3. The average molecular weight is 206 g/mol. The molecule has 0 atom stereocenters. The first kappa shape index (κ1) is 16.0. The highest BCUT2D eigenvalue weighted by Gasteiger charge is 1.96. The van der Waals surface area contributed by atoms with Crippen LogP contribution in [-0.4, -0.2) is 10.2 Å². The molecule has 15 heavy (non-hydrogen) atoms. The fourth-order valence-electron chi connectivity index (χ4n) is 0.840. The van der Waals surface area contributed by atoms with Crippen LogP contribution < -0.4 is 0 Å². The van der Waals surface area contributed by atoms with Crippen LogP contribution in [0.15, 0.2) is 19.2 Å². The van der Waals surface area contributed by atoms with Crippen molar-refractivity contribution in [2.24, 2.45) is 0 Å². The molecule has 0 spiro atoms. The zero-order valence-corrected chi connectivity index (χ0v) is 10.5. The molecule has 1 aromatic heterocycles. The van der Waals surface area contributed by atoms with Gasteiger partial charge in [-0.3, -0.25) is 0 Å². The first-order valence-corrected chi connectivity index (χ1v) is 5.37. The Hall–Kier alpha value is -1.44. The maximum absolute atomic E-state index is 3.93. The van der Waals surface area contributed by atoms with Gasteiger partial charge in [0, 0.05) is 5.56 Å². The Labute approximate surface area is 93.8 Å². The minimum absolute atomic E-state index is 0.783. The van der Waals surface area contributed by atoms with E-state index in [1.807, 2.05) is 40.7 Å². The van der Waals surface area contributed by atoms with Gasteiger partial charge >= 0.3 is 0 Å². The van der Waals surface area contributed by atoms with Crippen LogP contribution >= 0.6 is 0 Å². The van der Waals surface area contributed by atoms with Crippen LogP contribution in [0, 0.1) is 6.92 Å². The Morgan fingerprint density at radius 3 is 1.93 bits per heavy atom. The zero-order chi connectivity index (χ0) is 12.3. The van der Waals surface area contributed by atoms with E-state index in [0.29, 0.717) is 0 Å². The second kappa shape index (κ2) is 10.6. The van der Waals surface area contributed by atoms with Gasteiger partial charge in [-0.1, -0.05) is 46.9 Å². The monoisotopic (exact) mass is 206 g/mol. The number of hydrogen-bond donors (Lipinski definition) is 0. The van der Waals surface area contributed by atoms with E-state index in [2.05, 4.69) is 23.4 Å². The van der Waals surface area contributed by atoms with E-state index in [1.54, 1.807) is 12.2 Å². The summed E-state index contributed by atoms with van der Waals surface area (Å²) in [5, 5.41) is 7.82. The average Bonchev–Trinajstić information content (AvgIpc) is 2.34. The van der Waals surface area contributed by atoms with Crippen LogP contribution in [0.4, 0.5) is 0 Å². The molecule has 0 amide bonds. The molecular formula is C13H22N2.